The first kappa shape index (κ1) is 22.2. The van der Waals surface area contributed by atoms with Crippen molar-refractivity contribution in [2.75, 3.05) is 0 Å². The molecule has 28 heavy (non-hydrogen) atoms. The van der Waals surface area contributed by atoms with Crippen LogP contribution in [0.25, 0.3) is 0 Å². The molecule has 4 heteroatoms. The molecule has 0 aliphatic heterocycles. The van der Waals surface area contributed by atoms with Gasteiger partial charge in [-0.1, -0.05) is 82.9 Å². The number of hydrogen-bond acceptors (Lipinski definition) is 3. The monoisotopic (exact) mass is 377 g/mol. The van der Waals surface area contributed by atoms with E-state index in [-0.39, 0.29) is 5.31 Å². The van der Waals surface area contributed by atoms with Crippen molar-refractivity contribution in [3.8, 4) is 0 Å². The minimum atomic E-state index is -0.713. The predicted octanol–water partition coefficient (Wildman–Crippen LogP) is 5.70. The number of nitrogens with zero attached hydrogens (tertiary/aromatic N) is 1. The van der Waals surface area contributed by atoms with Gasteiger partial charge in [0.15, 0.2) is 0 Å². The van der Waals surface area contributed by atoms with Gasteiger partial charge in [-0.25, -0.2) is 9.78 Å². The first-order valence-corrected chi connectivity index (χ1v) is 10.4. The topological polar surface area (TPSA) is 39.2 Å². The lowest BCUT2D eigenvalue weighted by Crippen LogP contribution is -2.29. The number of esters is 1. The molecule has 1 aromatic heterocycles. The lowest BCUT2D eigenvalue weighted by Gasteiger charge is -2.31. The summed E-state index contributed by atoms with van der Waals surface area (Å²) in [5, 5.41) is -0.317. The van der Waals surface area contributed by atoms with Gasteiger partial charge in [0.1, 0.15) is 11.3 Å². The highest BCUT2D eigenvalue weighted by Crippen LogP contribution is 2.33. The third kappa shape index (κ3) is 4.84. The second-order valence-electron chi connectivity index (χ2n) is 7.72. The molecule has 2 rings (SSSR count). The van der Waals surface area contributed by atoms with Gasteiger partial charge in [0.25, 0.3) is 0 Å². The summed E-state index contributed by atoms with van der Waals surface area (Å²) < 4.78 is 5.90. The van der Waals surface area contributed by atoms with Crippen molar-refractivity contribution in [2.24, 2.45) is 0 Å². The van der Waals surface area contributed by atoms with E-state index < -0.39 is 11.6 Å². The molecule has 1 aromatic carbocycles. The van der Waals surface area contributed by atoms with Crippen LogP contribution in [0, 0.1) is 0 Å². The van der Waals surface area contributed by atoms with Crippen LogP contribution in [-0.4, -0.2) is 18.8 Å². The van der Waals surface area contributed by atoms with Gasteiger partial charge in [0.05, 0.1) is 7.85 Å². The van der Waals surface area contributed by atoms with Crippen LogP contribution in [0.3, 0.4) is 0 Å². The van der Waals surface area contributed by atoms with Crippen molar-refractivity contribution in [1.29, 1.82) is 0 Å². The number of ether oxygens (including phenoxy) is 1. The van der Waals surface area contributed by atoms with Crippen LogP contribution < -0.4 is 0 Å². The second kappa shape index (κ2) is 9.40. The van der Waals surface area contributed by atoms with Crippen molar-refractivity contribution in [3.05, 3.63) is 65.0 Å². The zero-order valence-corrected chi connectivity index (χ0v) is 17.9. The Kier molecular flexibility index (Phi) is 7.45. The summed E-state index contributed by atoms with van der Waals surface area (Å²) >= 11 is 0. The SMILES string of the molecule is [B]C(CC)(CC)c1ccc(C(C)(CC)OC(=O)c2ccc(CCC)cn2)cc1. The van der Waals surface area contributed by atoms with Gasteiger partial charge in [-0.3, -0.25) is 0 Å². The molecular weight excluding hydrogens is 345 g/mol. The summed E-state index contributed by atoms with van der Waals surface area (Å²) in [6.45, 7) is 10.3. The smallest absolute Gasteiger partial charge is 0.357 e. The number of benzene rings is 1. The number of pyridine rings is 1. The third-order valence-corrected chi connectivity index (χ3v) is 5.90. The Morgan fingerprint density at radius 2 is 1.57 bits per heavy atom. The molecular formula is C24H32BNO2. The van der Waals surface area contributed by atoms with Crippen molar-refractivity contribution < 1.29 is 9.53 Å². The minimum absolute atomic E-state index is 0.317. The largest absolute Gasteiger partial charge is 0.450 e. The predicted molar refractivity (Wildman–Crippen MR) is 116 cm³/mol. The average molecular weight is 377 g/mol. The normalized spacial score (nSPS) is 13.8. The molecule has 1 unspecified atom stereocenters. The summed E-state index contributed by atoms with van der Waals surface area (Å²) in [7, 11) is 6.51. The van der Waals surface area contributed by atoms with E-state index in [4.69, 9.17) is 12.6 Å². The molecule has 3 nitrogen and oxygen atoms in total. The molecule has 0 saturated heterocycles. The van der Waals surface area contributed by atoms with Gasteiger partial charge in [-0.15, -0.1) is 0 Å². The number of carbonyl (C=O) groups is 1. The molecule has 0 amide bonds. The maximum Gasteiger partial charge on any atom is 0.357 e. The van der Waals surface area contributed by atoms with E-state index >= 15 is 0 Å². The van der Waals surface area contributed by atoms with Crippen LogP contribution in [0.1, 0.15) is 87.5 Å². The Balaban J connectivity index is 2.20. The number of aryl methyl sites for hydroxylation is 1. The van der Waals surface area contributed by atoms with E-state index in [0.717, 1.165) is 42.4 Å². The number of hydrogen-bond donors (Lipinski definition) is 0. The van der Waals surface area contributed by atoms with Crippen molar-refractivity contribution in [2.45, 2.75) is 77.6 Å². The minimum Gasteiger partial charge on any atom is -0.450 e. The lowest BCUT2D eigenvalue weighted by atomic mass is 9.61. The summed E-state index contributed by atoms with van der Waals surface area (Å²) in [4.78, 5) is 17.0. The standard InChI is InChI=1S/C24H32BNO2/c1-6-10-18-11-16-21(26-17-18)22(27)28-23(5,7-2)19-12-14-20(15-13-19)24(25,8-3)9-4/h11-17H,6-10H2,1-5H3. The Hall–Kier alpha value is -2.10. The fraction of sp³-hybridized carbons (Fsp3) is 0.500. The molecule has 0 bridgehead atoms. The molecule has 148 valence electrons. The van der Waals surface area contributed by atoms with E-state index in [1.807, 2.05) is 32.0 Å². The highest BCUT2D eigenvalue weighted by Gasteiger charge is 2.31. The lowest BCUT2D eigenvalue weighted by molar-refractivity contribution is -0.0147. The molecule has 0 N–H and O–H groups in total. The first-order chi connectivity index (χ1) is 13.3. The zero-order valence-electron chi connectivity index (χ0n) is 17.9. The number of aromatic nitrogens is 1. The molecule has 2 radical (unpaired) electrons. The maximum absolute atomic E-state index is 12.7. The molecule has 0 aliphatic carbocycles. The summed E-state index contributed by atoms with van der Waals surface area (Å²) in [6, 6.07) is 11.9. The van der Waals surface area contributed by atoms with Crippen LogP contribution in [0.4, 0.5) is 0 Å². The van der Waals surface area contributed by atoms with Crippen LogP contribution >= 0.6 is 0 Å². The van der Waals surface area contributed by atoms with E-state index in [0.29, 0.717) is 12.1 Å². The Bertz CT molecular complexity index is 766. The molecule has 0 saturated carbocycles. The van der Waals surface area contributed by atoms with E-state index in [1.165, 1.54) is 0 Å². The van der Waals surface area contributed by atoms with Gasteiger partial charge in [-0.05, 0) is 42.3 Å². The zero-order chi connectivity index (χ0) is 20.8. The van der Waals surface area contributed by atoms with Crippen molar-refractivity contribution in [1.82, 2.24) is 4.98 Å². The van der Waals surface area contributed by atoms with Gasteiger partial charge >= 0.3 is 5.97 Å². The quantitative estimate of drug-likeness (QED) is 0.416. The van der Waals surface area contributed by atoms with E-state index in [1.54, 1.807) is 12.3 Å². The number of carbonyl (C=O) groups excluding carboxylic acids is 1. The Morgan fingerprint density at radius 1 is 0.964 bits per heavy atom. The van der Waals surface area contributed by atoms with Crippen LogP contribution in [0.15, 0.2) is 42.6 Å². The van der Waals surface area contributed by atoms with Crippen molar-refractivity contribution >= 4 is 13.8 Å². The van der Waals surface area contributed by atoms with Gasteiger partial charge in [0, 0.05) is 6.20 Å². The van der Waals surface area contributed by atoms with Crippen LogP contribution in [-0.2, 0) is 22.1 Å². The molecule has 2 aromatic rings. The molecule has 1 atom stereocenters. The van der Waals surface area contributed by atoms with E-state index in [2.05, 4.69) is 37.9 Å². The van der Waals surface area contributed by atoms with Gasteiger partial charge in [0.2, 0.25) is 0 Å². The summed E-state index contributed by atoms with van der Waals surface area (Å²) in [5.74, 6) is -0.397. The van der Waals surface area contributed by atoms with Crippen LogP contribution in [0.2, 0.25) is 0 Å². The maximum atomic E-state index is 12.7. The summed E-state index contributed by atoms with van der Waals surface area (Å²) in [5.41, 5.74) is 2.83. The molecule has 0 spiro atoms. The highest BCUT2D eigenvalue weighted by atomic mass is 16.6. The Morgan fingerprint density at radius 3 is 2.04 bits per heavy atom. The molecule has 0 fully saturated rings. The average Bonchev–Trinajstić information content (AvgIpc) is 2.73. The van der Waals surface area contributed by atoms with Crippen molar-refractivity contribution in [3.63, 3.8) is 0 Å². The molecule has 0 aliphatic rings. The fourth-order valence-corrected chi connectivity index (χ4v) is 3.39. The van der Waals surface area contributed by atoms with E-state index in [9.17, 15) is 4.79 Å². The summed E-state index contributed by atoms with van der Waals surface area (Å²) in [6.07, 6.45) is 6.19. The van der Waals surface area contributed by atoms with Crippen LogP contribution in [0.5, 0.6) is 0 Å². The third-order valence-electron chi connectivity index (χ3n) is 5.90. The number of rotatable bonds is 9. The Labute approximate surface area is 171 Å². The molecule has 1 heterocycles. The fourth-order valence-electron chi connectivity index (χ4n) is 3.39. The van der Waals surface area contributed by atoms with Gasteiger partial charge in [-0.2, -0.15) is 0 Å². The second-order valence-corrected chi connectivity index (χ2v) is 7.72. The highest BCUT2D eigenvalue weighted by molar-refractivity contribution is 6.15. The van der Waals surface area contributed by atoms with Gasteiger partial charge < -0.3 is 4.74 Å². The first-order valence-electron chi connectivity index (χ1n) is 10.4.